The van der Waals surface area contributed by atoms with Gasteiger partial charge in [-0.15, -0.1) is 0 Å². The van der Waals surface area contributed by atoms with E-state index in [1.54, 1.807) is 12.1 Å². The minimum atomic E-state index is -4.49. The molecule has 1 saturated heterocycles. The maximum Gasteiger partial charge on any atom is 0.265 e. The minimum absolute atomic E-state index is 0.159. The molecular formula is C28H33F3N4O4S. The Morgan fingerprint density at radius 2 is 1.85 bits per heavy atom. The van der Waals surface area contributed by atoms with E-state index in [0.717, 1.165) is 17.7 Å². The topological polar surface area (TPSA) is 112 Å². The number of likely N-dealkylation sites (tertiary alicyclic amines) is 1. The Balaban J connectivity index is 1.52. The lowest BCUT2D eigenvalue weighted by Gasteiger charge is -2.35. The number of carbonyl (C=O) groups is 1. The van der Waals surface area contributed by atoms with Gasteiger partial charge in [0.2, 0.25) is 0 Å². The number of nitrogens with one attached hydrogen (secondary N) is 2. The van der Waals surface area contributed by atoms with Gasteiger partial charge in [-0.1, -0.05) is 12.1 Å². The number of methoxy groups -OCH3 is 1. The Hall–Kier alpha value is -3.14. The average molecular weight is 579 g/mol. The van der Waals surface area contributed by atoms with Crippen molar-refractivity contribution in [2.45, 2.75) is 67.7 Å². The summed E-state index contributed by atoms with van der Waals surface area (Å²) in [4.78, 5) is 14.2. The predicted octanol–water partition coefficient (Wildman–Crippen LogP) is 4.06. The van der Waals surface area contributed by atoms with E-state index in [-0.39, 0.29) is 23.1 Å². The number of sulfonamides is 1. The van der Waals surface area contributed by atoms with Gasteiger partial charge in [-0.25, -0.2) is 26.3 Å². The molecule has 1 heterocycles. The zero-order valence-electron chi connectivity index (χ0n) is 22.3. The molecule has 1 aliphatic heterocycles. The lowest BCUT2D eigenvalue weighted by atomic mass is 10.0. The fraction of sp³-hybridized carbons (Fsp3) is 0.500. The normalized spacial score (nSPS) is 18.1. The van der Waals surface area contributed by atoms with Gasteiger partial charge in [-0.3, -0.25) is 9.69 Å². The number of nitrogens with zero attached hydrogens (tertiary/aromatic N) is 2. The van der Waals surface area contributed by atoms with E-state index in [2.05, 4.69) is 5.32 Å². The van der Waals surface area contributed by atoms with Crippen molar-refractivity contribution in [3.63, 3.8) is 0 Å². The van der Waals surface area contributed by atoms with Crippen molar-refractivity contribution in [3.05, 3.63) is 59.2 Å². The van der Waals surface area contributed by atoms with Crippen LogP contribution in [0.5, 0.6) is 0 Å². The summed E-state index contributed by atoms with van der Waals surface area (Å²) >= 11 is 0. The van der Waals surface area contributed by atoms with E-state index in [1.807, 2.05) is 15.7 Å². The van der Waals surface area contributed by atoms with Gasteiger partial charge in [-0.2, -0.15) is 5.26 Å². The number of anilines is 1. The number of ether oxygens (including phenoxy) is 1. The summed E-state index contributed by atoms with van der Waals surface area (Å²) in [5, 5.41) is 12.8. The van der Waals surface area contributed by atoms with Crippen LogP contribution >= 0.6 is 0 Å². The molecule has 4 rings (SSSR count). The number of aryl methyl sites for hydroxylation is 1. The van der Waals surface area contributed by atoms with Gasteiger partial charge >= 0.3 is 0 Å². The Labute approximate surface area is 232 Å². The van der Waals surface area contributed by atoms with Crippen molar-refractivity contribution in [2.24, 2.45) is 0 Å². The molecule has 40 heavy (non-hydrogen) atoms. The number of hydrogen-bond donors (Lipinski definition) is 2. The van der Waals surface area contributed by atoms with Crippen molar-refractivity contribution < 1.29 is 31.1 Å². The molecule has 2 aromatic carbocycles. The Bertz CT molecular complexity index is 1350. The molecule has 12 heteroatoms. The molecule has 0 aromatic heterocycles. The zero-order valence-corrected chi connectivity index (χ0v) is 23.1. The molecule has 1 saturated carbocycles. The fourth-order valence-corrected chi connectivity index (χ4v) is 6.31. The quantitative estimate of drug-likeness (QED) is 0.391. The molecule has 1 aliphatic carbocycles. The van der Waals surface area contributed by atoms with Crippen LogP contribution in [0.4, 0.5) is 18.9 Å². The van der Waals surface area contributed by atoms with E-state index < -0.39 is 38.4 Å². The first-order chi connectivity index (χ1) is 19.0. The van der Waals surface area contributed by atoms with Gasteiger partial charge in [0.25, 0.3) is 15.9 Å². The Kier molecular flexibility index (Phi) is 9.38. The number of rotatable bonds is 12. The molecule has 1 amide bonds. The van der Waals surface area contributed by atoms with Crippen molar-refractivity contribution in [1.29, 1.82) is 5.26 Å². The number of carbonyl (C=O) groups excluding carboxylic acids is 1. The Morgan fingerprint density at radius 3 is 2.45 bits per heavy atom. The number of nitriles is 1. The van der Waals surface area contributed by atoms with Crippen molar-refractivity contribution in [2.75, 3.05) is 32.1 Å². The summed E-state index contributed by atoms with van der Waals surface area (Å²) in [6.45, 7) is 1.20. The molecule has 1 atom stereocenters. The number of benzene rings is 2. The number of hydrogen-bond acceptors (Lipinski definition) is 7. The minimum Gasteiger partial charge on any atom is -0.379 e. The van der Waals surface area contributed by atoms with E-state index in [4.69, 9.17) is 4.74 Å². The van der Waals surface area contributed by atoms with Crippen LogP contribution < -0.4 is 10.0 Å². The van der Waals surface area contributed by atoms with Gasteiger partial charge in [0, 0.05) is 32.8 Å². The summed E-state index contributed by atoms with van der Waals surface area (Å²) in [7, 11) is -3.15. The number of amides is 1. The fourth-order valence-electron chi connectivity index (χ4n) is 5.23. The molecule has 0 radical (unpaired) electrons. The molecule has 0 unspecified atom stereocenters. The van der Waals surface area contributed by atoms with Gasteiger partial charge < -0.3 is 10.1 Å². The first kappa shape index (κ1) is 29.8. The summed E-state index contributed by atoms with van der Waals surface area (Å²) in [6, 6.07) is 9.31. The molecule has 2 aliphatic rings. The van der Waals surface area contributed by atoms with Gasteiger partial charge in [-0.05, 0) is 74.8 Å². The molecular weight excluding hydrogens is 545 g/mol. The second kappa shape index (κ2) is 12.6. The summed E-state index contributed by atoms with van der Waals surface area (Å²) in [5.74, 6) is -2.14. The lowest BCUT2D eigenvalue weighted by molar-refractivity contribution is -0.140. The average Bonchev–Trinajstić information content (AvgIpc) is 3.41. The first-order valence-corrected chi connectivity index (χ1v) is 14.8. The van der Waals surface area contributed by atoms with Gasteiger partial charge in [0.1, 0.15) is 29.5 Å². The monoisotopic (exact) mass is 578 g/mol. The third-order valence-corrected chi connectivity index (χ3v) is 9.00. The first-order valence-electron chi connectivity index (χ1n) is 13.3. The van der Waals surface area contributed by atoms with E-state index in [9.17, 15) is 27.3 Å². The summed E-state index contributed by atoms with van der Waals surface area (Å²) in [5.41, 5.74) is -0.792. The summed E-state index contributed by atoms with van der Waals surface area (Å²) < 4.78 is 75.3. The van der Waals surface area contributed by atoms with Crippen LogP contribution in [0.1, 0.15) is 49.7 Å². The highest BCUT2D eigenvalue weighted by atomic mass is 32.2. The lowest BCUT2D eigenvalue weighted by Crippen LogP contribution is -2.49. The SMILES string of the molecule is COC1(C(=O)NS(=O)(=O)c2cc(F)c(N[C@@H](CCc3ccc(F)cc3)CCN3CC(F)C3)c(C#N)c2)CCCC1. The molecule has 2 fully saturated rings. The van der Waals surface area contributed by atoms with E-state index in [0.29, 0.717) is 64.6 Å². The maximum atomic E-state index is 15.4. The van der Waals surface area contributed by atoms with Crippen LogP contribution in [0, 0.1) is 23.0 Å². The third kappa shape index (κ3) is 6.95. The molecule has 0 bridgehead atoms. The van der Waals surface area contributed by atoms with Crippen LogP contribution in [0.25, 0.3) is 0 Å². The van der Waals surface area contributed by atoms with Crippen molar-refractivity contribution >= 4 is 21.6 Å². The molecule has 216 valence electrons. The van der Waals surface area contributed by atoms with E-state index >= 15 is 4.39 Å². The highest BCUT2D eigenvalue weighted by molar-refractivity contribution is 7.90. The van der Waals surface area contributed by atoms with Crippen LogP contribution in [0.15, 0.2) is 41.3 Å². The van der Waals surface area contributed by atoms with Crippen LogP contribution in [0.2, 0.25) is 0 Å². The van der Waals surface area contributed by atoms with Crippen LogP contribution in [-0.2, 0) is 26.0 Å². The molecule has 0 spiro atoms. The zero-order chi connectivity index (χ0) is 28.9. The van der Waals surface area contributed by atoms with Crippen LogP contribution in [0.3, 0.4) is 0 Å². The molecule has 2 N–H and O–H groups in total. The smallest absolute Gasteiger partial charge is 0.265 e. The second-order valence-electron chi connectivity index (χ2n) is 10.4. The van der Waals surface area contributed by atoms with Crippen molar-refractivity contribution in [1.82, 2.24) is 9.62 Å². The van der Waals surface area contributed by atoms with Gasteiger partial charge in [0.15, 0.2) is 0 Å². The maximum absolute atomic E-state index is 15.4. The highest BCUT2D eigenvalue weighted by Crippen LogP contribution is 2.34. The molecule has 2 aromatic rings. The Morgan fingerprint density at radius 1 is 1.18 bits per heavy atom. The summed E-state index contributed by atoms with van der Waals surface area (Å²) in [6.07, 6.45) is 2.84. The molecule has 8 nitrogen and oxygen atoms in total. The second-order valence-corrected chi connectivity index (χ2v) is 12.1. The third-order valence-electron chi connectivity index (χ3n) is 7.69. The van der Waals surface area contributed by atoms with Crippen LogP contribution in [-0.4, -0.2) is 63.8 Å². The largest absolute Gasteiger partial charge is 0.379 e. The predicted molar refractivity (Wildman–Crippen MR) is 143 cm³/mol. The standard InChI is InChI=1S/C28H33F3N4O4S/c1-39-28(11-2-3-12-28)27(36)34-40(37,38)24-14-20(16-32)26(25(31)15-24)33-23(10-13-35-17-22(30)18-35)9-6-19-4-7-21(29)8-5-19/h4-5,7-8,14-15,22-23,33H,2-3,6,9-13,17-18H2,1H3,(H,34,36)/t23-/m0/s1. The van der Waals surface area contributed by atoms with E-state index in [1.165, 1.54) is 19.2 Å². The number of halogens is 3. The van der Waals surface area contributed by atoms with Crippen molar-refractivity contribution in [3.8, 4) is 6.07 Å². The highest BCUT2D eigenvalue weighted by Gasteiger charge is 2.43. The van der Waals surface area contributed by atoms with Gasteiger partial charge in [0.05, 0.1) is 16.1 Å². The number of alkyl halides is 1.